The largest absolute Gasteiger partial charge is 0.497 e. The van der Waals surface area contributed by atoms with Crippen LogP contribution < -0.4 is 14.8 Å². The summed E-state index contributed by atoms with van der Waals surface area (Å²) in [4.78, 5) is 27.7. The molecule has 5 atom stereocenters. The Morgan fingerprint density at radius 3 is 2.54 bits per heavy atom. The van der Waals surface area contributed by atoms with Crippen molar-refractivity contribution in [1.29, 1.82) is 0 Å². The zero-order chi connectivity index (χ0) is 34.2. The second-order valence-electron chi connectivity index (χ2n) is 13.2. The van der Waals surface area contributed by atoms with Crippen molar-refractivity contribution in [3.8, 4) is 5.75 Å². The number of nitrogens with zero attached hydrogens (tertiary/aromatic N) is 5. The molecule has 3 heterocycles. The van der Waals surface area contributed by atoms with Crippen LogP contribution in [-0.2, 0) is 21.7 Å². The molecule has 0 aliphatic carbocycles. The van der Waals surface area contributed by atoms with Crippen LogP contribution in [0, 0.1) is 16.0 Å². The van der Waals surface area contributed by atoms with E-state index in [4.69, 9.17) is 9.47 Å². The van der Waals surface area contributed by atoms with Crippen molar-refractivity contribution in [3.63, 3.8) is 0 Å². The predicted molar refractivity (Wildman–Crippen MR) is 185 cm³/mol. The van der Waals surface area contributed by atoms with E-state index in [9.17, 15) is 20.0 Å². The average Bonchev–Trinajstić information content (AvgIpc) is 3.75. The van der Waals surface area contributed by atoms with Crippen LogP contribution in [-0.4, -0.2) is 65.4 Å². The summed E-state index contributed by atoms with van der Waals surface area (Å²) in [6, 6.07) is 22.4. The number of nitro groups is 1. The number of aryl methyl sites for hydroxylation is 1. The molecular weight excluding hydrogens is 627 g/mol. The van der Waals surface area contributed by atoms with Crippen LogP contribution in [0.4, 0.5) is 11.4 Å². The minimum Gasteiger partial charge on any atom is -0.497 e. The Morgan fingerprint density at radius 1 is 1.17 bits per heavy atom. The maximum atomic E-state index is 14.6. The summed E-state index contributed by atoms with van der Waals surface area (Å²) in [7, 11) is -0.774. The van der Waals surface area contributed by atoms with Gasteiger partial charge >= 0.3 is 0 Å². The summed E-state index contributed by atoms with van der Waals surface area (Å²) >= 11 is 0. The highest BCUT2D eigenvalue weighted by Gasteiger charge is 2.66. The van der Waals surface area contributed by atoms with Gasteiger partial charge in [0.15, 0.2) is 5.60 Å². The van der Waals surface area contributed by atoms with E-state index in [-0.39, 0.29) is 48.2 Å². The number of carbonyl (C=O) groups excluding carboxylic acids is 1. The monoisotopic (exact) mass is 667 g/mol. The van der Waals surface area contributed by atoms with Gasteiger partial charge < -0.3 is 19.5 Å². The normalized spacial score (nSPS) is 22.6. The minimum absolute atomic E-state index is 0.0526. The number of amides is 1. The molecule has 11 nitrogen and oxygen atoms in total. The van der Waals surface area contributed by atoms with Crippen LogP contribution >= 0.6 is 0 Å². The van der Waals surface area contributed by atoms with Crippen molar-refractivity contribution in [3.05, 3.63) is 119 Å². The van der Waals surface area contributed by atoms with Crippen LogP contribution in [0.2, 0.25) is 18.6 Å². The van der Waals surface area contributed by atoms with Crippen molar-refractivity contribution < 1.29 is 24.3 Å². The molecule has 1 N–H and O–H groups in total. The van der Waals surface area contributed by atoms with Gasteiger partial charge in [0.05, 0.1) is 50.1 Å². The molecule has 12 heteroatoms. The average molecular weight is 668 g/mol. The third kappa shape index (κ3) is 5.53. The molecule has 2 aliphatic rings. The maximum absolute atomic E-state index is 14.6. The molecule has 2 aliphatic heterocycles. The lowest BCUT2D eigenvalue weighted by Gasteiger charge is -2.37. The third-order valence-corrected chi connectivity index (χ3v) is 14.6. The topological polar surface area (TPSA) is 133 Å². The summed E-state index contributed by atoms with van der Waals surface area (Å²) in [5, 5.41) is 32.1. The predicted octanol–water partition coefficient (Wildman–Crippen LogP) is 5.16. The molecule has 0 bridgehead atoms. The number of benzene rings is 3. The van der Waals surface area contributed by atoms with Gasteiger partial charge in [-0.05, 0) is 35.7 Å². The molecule has 1 aromatic heterocycles. The summed E-state index contributed by atoms with van der Waals surface area (Å²) < 4.78 is 14.3. The van der Waals surface area contributed by atoms with Gasteiger partial charge in [-0.15, -0.1) is 11.7 Å². The van der Waals surface area contributed by atoms with E-state index in [0.29, 0.717) is 29.9 Å². The number of aliphatic hydroxyl groups is 1. The van der Waals surface area contributed by atoms with Crippen molar-refractivity contribution in [1.82, 2.24) is 15.0 Å². The number of hydrogen-bond acceptors (Lipinski definition) is 8. The molecular formula is C36H41N5O6Si. The van der Waals surface area contributed by atoms with Gasteiger partial charge in [-0.2, -0.15) is 0 Å². The molecule has 0 saturated carbocycles. The van der Waals surface area contributed by atoms with Crippen molar-refractivity contribution in [2.45, 2.75) is 56.1 Å². The summed E-state index contributed by atoms with van der Waals surface area (Å²) in [5.41, 5.74) is 1.21. The molecule has 1 spiro atoms. The first kappa shape index (κ1) is 33.3. The van der Waals surface area contributed by atoms with Gasteiger partial charge in [-0.3, -0.25) is 19.6 Å². The summed E-state index contributed by atoms with van der Waals surface area (Å²) in [5.74, 6) is -0.0794. The van der Waals surface area contributed by atoms with E-state index < -0.39 is 18.6 Å². The Balaban J connectivity index is 1.39. The van der Waals surface area contributed by atoms with Crippen LogP contribution in [0.15, 0.2) is 91.6 Å². The standard InChI is InChI=1S/C36H41N5O6Si/c1-6-19-40-32-17-12-26(41(44)45)21-30(32)36(35(40)43)24(2)34(48(4,5)28-15-13-27(46-3)14-16-28)33(47-36)18-20-39-22-31(37-38-39)29(23-42)25-10-8-7-9-11-25/h6-17,21-22,24,29,33-34,42H,1,18-20,23H2,2-5H3/t24-,29?,33+,34-,36+/m1/s1. The Bertz CT molecular complexity index is 1810. The number of fused-ring (bicyclic) bond motifs is 2. The van der Waals surface area contributed by atoms with Crippen LogP contribution in [0.3, 0.4) is 0 Å². The van der Waals surface area contributed by atoms with Gasteiger partial charge in [0.1, 0.15) is 5.75 Å². The van der Waals surface area contributed by atoms with Crippen LogP contribution in [0.5, 0.6) is 5.75 Å². The number of non-ortho nitro benzene ring substituents is 1. The first-order valence-electron chi connectivity index (χ1n) is 16.2. The van der Waals surface area contributed by atoms with Crippen LogP contribution in [0.1, 0.15) is 36.1 Å². The smallest absolute Gasteiger partial charge is 0.269 e. The Morgan fingerprint density at radius 2 is 1.90 bits per heavy atom. The van der Waals surface area contributed by atoms with Crippen molar-refractivity contribution >= 4 is 30.5 Å². The molecule has 1 fully saturated rings. The second kappa shape index (κ2) is 13.1. The van der Waals surface area contributed by atoms with E-state index in [2.05, 4.69) is 49.0 Å². The molecule has 0 radical (unpaired) electrons. The fourth-order valence-corrected chi connectivity index (χ4v) is 12.0. The molecule has 1 unspecified atom stereocenters. The Hall–Kier alpha value is -4.65. The van der Waals surface area contributed by atoms with E-state index >= 15 is 0 Å². The summed E-state index contributed by atoms with van der Waals surface area (Å²) in [6.07, 6.45) is 3.66. The van der Waals surface area contributed by atoms with E-state index in [1.807, 2.05) is 48.7 Å². The van der Waals surface area contributed by atoms with E-state index in [1.54, 1.807) is 28.8 Å². The lowest BCUT2D eigenvalue weighted by atomic mass is 9.82. The van der Waals surface area contributed by atoms with Gasteiger partial charge in [-0.25, -0.2) is 0 Å². The van der Waals surface area contributed by atoms with E-state index in [1.165, 1.54) is 17.3 Å². The highest BCUT2D eigenvalue weighted by molar-refractivity contribution is 6.91. The summed E-state index contributed by atoms with van der Waals surface area (Å²) in [6.45, 7) is 11.1. The lowest BCUT2D eigenvalue weighted by Crippen LogP contribution is -2.51. The fraction of sp³-hybridized carbons (Fsp3) is 0.361. The zero-order valence-electron chi connectivity index (χ0n) is 27.7. The SMILES string of the molecule is C=CCN1C(=O)[C@@]2(O[C@@H](CCn3cc(C(CO)c4ccccc4)nn3)[C@H]([Si](C)(C)c3ccc(OC)cc3)[C@H]2C)c2cc([N+](=O)[O-])ccc21. The third-order valence-electron chi connectivity index (χ3n) is 10.3. The number of ether oxygens (including phenoxy) is 2. The van der Waals surface area contributed by atoms with Crippen molar-refractivity contribution in [2.75, 3.05) is 25.2 Å². The number of methoxy groups -OCH3 is 1. The number of hydrogen-bond donors (Lipinski definition) is 1. The lowest BCUT2D eigenvalue weighted by molar-refractivity contribution is -0.385. The molecule has 1 saturated heterocycles. The number of carbonyl (C=O) groups is 1. The van der Waals surface area contributed by atoms with Gasteiger partial charge in [0.25, 0.3) is 11.6 Å². The van der Waals surface area contributed by atoms with E-state index in [0.717, 1.165) is 11.3 Å². The molecule has 250 valence electrons. The minimum atomic E-state index is -2.41. The van der Waals surface area contributed by atoms with Gasteiger partial charge in [0.2, 0.25) is 0 Å². The molecule has 4 aromatic rings. The first-order chi connectivity index (χ1) is 23.1. The molecule has 6 rings (SSSR count). The first-order valence-corrected chi connectivity index (χ1v) is 19.2. The number of aliphatic hydroxyl groups excluding tert-OH is 1. The van der Waals surface area contributed by atoms with Gasteiger partial charge in [-0.1, -0.05) is 79.0 Å². The fourth-order valence-electron chi connectivity index (χ4n) is 7.89. The zero-order valence-corrected chi connectivity index (χ0v) is 28.7. The maximum Gasteiger partial charge on any atom is 0.269 e. The number of nitro benzene ring substituents is 1. The number of rotatable bonds is 12. The quantitative estimate of drug-likeness (QED) is 0.0949. The van der Waals surface area contributed by atoms with Crippen molar-refractivity contribution in [2.24, 2.45) is 5.92 Å². The second-order valence-corrected chi connectivity index (χ2v) is 17.8. The molecule has 1 amide bonds. The van der Waals surface area contributed by atoms with Crippen LogP contribution in [0.25, 0.3) is 0 Å². The highest BCUT2D eigenvalue weighted by atomic mass is 28.3. The highest BCUT2D eigenvalue weighted by Crippen LogP contribution is 2.60. The Kier molecular flexibility index (Phi) is 9.07. The molecule has 48 heavy (non-hydrogen) atoms. The number of anilines is 1. The van der Waals surface area contributed by atoms with Gasteiger partial charge in [0, 0.05) is 42.9 Å². The number of aromatic nitrogens is 3. The Labute approximate surface area is 281 Å². The molecule has 3 aromatic carbocycles.